The number of methoxy groups -OCH3 is 1. The Morgan fingerprint density at radius 3 is 2.62 bits per heavy atom. The Morgan fingerprint density at radius 2 is 1.92 bits per heavy atom. The Labute approximate surface area is 230 Å². The summed E-state index contributed by atoms with van der Waals surface area (Å²) in [4.78, 5) is 24.8. The maximum atomic E-state index is 13.0. The minimum absolute atomic E-state index is 0.0223. The van der Waals surface area contributed by atoms with Gasteiger partial charge in [0.25, 0.3) is 0 Å². The Morgan fingerprint density at radius 1 is 1.13 bits per heavy atom. The molecule has 0 aromatic rings. The highest BCUT2D eigenvalue weighted by molar-refractivity contribution is 5.85. The summed E-state index contributed by atoms with van der Waals surface area (Å²) in [5.41, 5.74) is -1.37. The second-order valence-electron chi connectivity index (χ2n) is 13.5. The molecule has 9 heteroatoms. The third-order valence-electron chi connectivity index (χ3n) is 12.0. The molecule has 3 N–H and O–H groups in total. The van der Waals surface area contributed by atoms with E-state index in [1.807, 2.05) is 6.92 Å². The first kappa shape index (κ1) is 27.8. The molecule has 5 fully saturated rings. The molecule has 6 aliphatic rings. The van der Waals surface area contributed by atoms with Crippen LogP contribution in [0, 0.1) is 34.5 Å². The molecule has 1 unspecified atom stereocenters. The van der Waals surface area contributed by atoms with Crippen LogP contribution in [0.2, 0.25) is 0 Å². The number of hydrogen-bond donors (Lipinski definition) is 3. The third-order valence-corrected chi connectivity index (χ3v) is 12.0. The largest absolute Gasteiger partial charge is 0.458 e. The summed E-state index contributed by atoms with van der Waals surface area (Å²) in [5.74, 6) is -0.782. The monoisotopic (exact) mass is 548 g/mol. The van der Waals surface area contributed by atoms with Gasteiger partial charge in [-0.2, -0.15) is 0 Å². The second-order valence-corrected chi connectivity index (χ2v) is 13.5. The smallest absolute Gasteiger partial charge is 0.331 e. The highest BCUT2D eigenvalue weighted by Crippen LogP contribution is 2.69. The van der Waals surface area contributed by atoms with Crippen molar-refractivity contribution in [2.24, 2.45) is 34.5 Å². The first-order valence-electron chi connectivity index (χ1n) is 14.8. The number of aldehydes is 1. The van der Waals surface area contributed by atoms with E-state index in [1.165, 1.54) is 0 Å². The molecule has 0 aromatic carbocycles. The van der Waals surface area contributed by atoms with Gasteiger partial charge < -0.3 is 39.1 Å². The van der Waals surface area contributed by atoms with Crippen molar-refractivity contribution in [2.75, 3.05) is 13.7 Å². The second kappa shape index (κ2) is 9.88. The number of carbonyl (C=O) groups is 2. The standard InChI is InChI=1S/C30H44O9/c1-16-27(34)23(36-3)12-25(38-16)39-19-6-8-29(15-31)18(11-19)4-5-21-26(29)22(32)13-28(2)20(7-9-30(21,28)35)17-10-24(33)37-14-17/h10,15-16,18-23,25-27,32,34-35H,4-9,11-14H2,1-3H3/t16-,18+,19-,20+,21+,22+,23-,25?,26+,27-,28+,29+,30-/m0/s1. The number of cyclic esters (lactones) is 1. The average molecular weight is 549 g/mol. The highest BCUT2D eigenvalue weighted by Gasteiger charge is 2.71. The maximum absolute atomic E-state index is 13.0. The lowest BCUT2D eigenvalue weighted by Gasteiger charge is -2.64. The number of carbonyl (C=O) groups excluding carboxylic acids is 2. The summed E-state index contributed by atoms with van der Waals surface area (Å²) in [7, 11) is 1.58. The Balaban J connectivity index is 1.21. The van der Waals surface area contributed by atoms with Gasteiger partial charge in [0.1, 0.15) is 19.0 Å². The van der Waals surface area contributed by atoms with Gasteiger partial charge in [-0.05, 0) is 81.6 Å². The van der Waals surface area contributed by atoms with E-state index in [4.69, 9.17) is 18.9 Å². The van der Waals surface area contributed by atoms with E-state index >= 15 is 0 Å². The van der Waals surface area contributed by atoms with Gasteiger partial charge in [-0.1, -0.05) is 6.92 Å². The molecule has 4 saturated carbocycles. The Hall–Kier alpha value is -1.36. The predicted octanol–water partition coefficient (Wildman–Crippen LogP) is 2.29. The minimum Gasteiger partial charge on any atom is -0.458 e. The molecule has 0 radical (unpaired) electrons. The fourth-order valence-corrected chi connectivity index (χ4v) is 10.0. The average Bonchev–Trinajstić information content (AvgIpc) is 3.45. The fourth-order valence-electron chi connectivity index (χ4n) is 10.0. The molecule has 9 nitrogen and oxygen atoms in total. The molecule has 0 aromatic heterocycles. The molecule has 2 heterocycles. The van der Waals surface area contributed by atoms with Crippen LogP contribution >= 0.6 is 0 Å². The Bertz CT molecular complexity index is 1010. The van der Waals surface area contributed by atoms with Crippen LogP contribution in [0.1, 0.15) is 71.6 Å². The lowest BCUT2D eigenvalue weighted by molar-refractivity contribution is -0.276. The van der Waals surface area contributed by atoms with Crippen LogP contribution in [-0.4, -0.2) is 83.7 Å². The van der Waals surface area contributed by atoms with Crippen molar-refractivity contribution in [3.8, 4) is 0 Å². The molecule has 2 aliphatic heterocycles. The van der Waals surface area contributed by atoms with Gasteiger partial charge in [-0.15, -0.1) is 0 Å². The first-order valence-corrected chi connectivity index (χ1v) is 14.8. The lowest BCUT2D eigenvalue weighted by Crippen LogP contribution is -2.67. The third kappa shape index (κ3) is 4.09. The van der Waals surface area contributed by atoms with Crippen molar-refractivity contribution >= 4 is 12.3 Å². The SMILES string of the molecule is CO[C@H]1CC(O[C@H]2CC[C@@]3(C=O)[C@H](CC[C@@H]4[C@@H]3[C@H](O)C[C@]3(C)[C@@H](C5=CC(=O)OC5)CC[C@]43O)C2)O[C@@H](C)[C@@H]1O. The van der Waals surface area contributed by atoms with Crippen molar-refractivity contribution in [1.82, 2.24) is 0 Å². The zero-order valence-corrected chi connectivity index (χ0v) is 23.3. The molecule has 0 bridgehead atoms. The summed E-state index contributed by atoms with van der Waals surface area (Å²) in [5, 5.41) is 34.4. The van der Waals surface area contributed by atoms with Crippen LogP contribution in [0.3, 0.4) is 0 Å². The van der Waals surface area contributed by atoms with Crippen LogP contribution in [0.15, 0.2) is 11.6 Å². The maximum Gasteiger partial charge on any atom is 0.331 e. The summed E-state index contributed by atoms with van der Waals surface area (Å²) in [6.45, 7) is 4.14. The van der Waals surface area contributed by atoms with Crippen molar-refractivity contribution in [2.45, 2.75) is 114 Å². The van der Waals surface area contributed by atoms with Gasteiger partial charge in [-0.3, -0.25) is 0 Å². The molecule has 13 atom stereocenters. The number of ether oxygens (including phenoxy) is 4. The van der Waals surface area contributed by atoms with Gasteiger partial charge in [0, 0.05) is 36.4 Å². The number of aliphatic hydroxyl groups is 3. The number of hydrogen-bond acceptors (Lipinski definition) is 9. The minimum atomic E-state index is -1.01. The summed E-state index contributed by atoms with van der Waals surface area (Å²) < 4.78 is 23.0. The quantitative estimate of drug-likeness (QED) is 0.269. The van der Waals surface area contributed by atoms with Crippen molar-refractivity contribution in [3.05, 3.63) is 11.6 Å². The Kier molecular flexibility index (Phi) is 7.04. The van der Waals surface area contributed by atoms with E-state index in [-0.39, 0.29) is 48.5 Å². The van der Waals surface area contributed by atoms with Crippen LogP contribution in [-0.2, 0) is 28.5 Å². The molecule has 0 spiro atoms. The molecule has 39 heavy (non-hydrogen) atoms. The lowest BCUT2D eigenvalue weighted by atomic mass is 9.42. The van der Waals surface area contributed by atoms with Crippen LogP contribution in [0.25, 0.3) is 0 Å². The van der Waals surface area contributed by atoms with Gasteiger partial charge in [0.15, 0.2) is 6.29 Å². The molecular formula is C30H44O9. The summed E-state index contributed by atoms with van der Waals surface area (Å²) >= 11 is 0. The van der Waals surface area contributed by atoms with Crippen LogP contribution in [0.4, 0.5) is 0 Å². The van der Waals surface area contributed by atoms with Crippen LogP contribution < -0.4 is 0 Å². The summed E-state index contributed by atoms with van der Waals surface area (Å²) in [6.07, 6.45) is 5.66. The number of fused-ring (bicyclic) bond motifs is 5. The molecule has 6 rings (SSSR count). The summed E-state index contributed by atoms with van der Waals surface area (Å²) in [6, 6.07) is 0. The number of aliphatic hydroxyl groups excluding tert-OH is 2. The zero-order chi connectivity index (χ0) is 27.7. The van der Waals surface area contributed by atoms with E-state index in [1.54, 1.807) is 13.2 Å². The first-order chi connectivity index (χ1) is 18.6. The van der Waals surface area contributed by atoms with Gasteiger partial charge in [-0.25, -0.2) is 4.79 Å². The van der Waals surface area contributed by atoms with Crippen molar-refractivity contribution in [1.29, 1.82) is 0 Å². The zero-order valence-electron chi connectivity index (χ0n) is 23.3. The van der Waals surface area contributed by atoms with Gasteiger partial charge in [0.05, 0.1) is 30.0 Å². The molecule has 4 aliphatic carbocycles. The van der Waals surface area contributed by atoms with E-state index in [9.17, 15) is 24.9 Å². The van der Waals surface area contributed by atoms with Crippen LogP contribution in [0.5, 0.6) is 0 Å². The molecule has 1 saturated heterocycles. The highest BCUT2D eigenvalue weighted by atomic mass is 16.7. The van der Waals surface area contributed by atoms with Gasteiger partial charge in [0.2, 0.25) is 0 Å². The normalized spacial score (nSPS) is 53.3. The van der Waals surface area contributed by atoms with E-state index in [2.05, 4.69) is 6.92 Å². The molecule has 0 amide bonds. The molecular weight excluding hydrogens is 504 g/mol. The van der Waals surface area contributed by atoms with Crippen molar-refractivity contribution in [3.63, 3.8) is 0 Å². The number of esters is 1. The van der Waals surface area contributed by atoms with E-state index in [0.29, 0.717) is 38.5 Å². The topological polar surface area (TPSA) is 132 Å². The fraction of sp³-hybridized carbons (Fsp3) is 0.867. The van der Waals surface area contributed by atoms with Crippen molar-refractivity contribution < 1.29 is 43.9 Å². The van der Waals surface area contributed by atoms with E-state index < -0.39 is 41.0 Å². The van der Waals surface area contributed by atoms with Gasteiger partial charge >= 0.3 is 5.97 Å². The predicted molar refractivity (Wildman–Crippen MR) is 138 cm³/mol. The van der Waals surface area contributed by atoms with E-state index in [0.717, 1.165) is 31.1 Å². The molecule has 218 valence electrons. The number of rotatable bonds is 5.